The van der Waals surface area contributed by atoms with Crippen LogP contribution in [0.1, 0.15) is 22.7 Å². The molecule has 0 aromatic heterocycles. The average Bonchev–Trinajstić information content (AvgIpc) is 2.76. The zero-order valence-corrected chi connectivity index (χ0v) is 17.8. The van der Waals surface area contributed by atoms with E-state index < -0.39 is 6.04 Å². The number of hydrogen-bond acceptors (Lipinski definition) is 2. The normalized spacial score (nSPS) is 15.9. The Labute approximate surface area is 186 Å². The van der Waals surface area contributed by atoms with Crippen molar-refractivity contribution in [3.8, 4) is 0 Å². The molecule has 4 nitrogen and oxygen atoms in total. The van der Waals surface area contributed by atoms with Crippen molar-refractivity contribution in [2.24, 2.45) is 0 Å². The van der Waals surface area contributed by atoms with E-state index >= 15 is 0 Å². The van der Waals surface area contributed by atoms with Crippen LogP contribution in [0.25, 0.3) is 5.70 Å². The third-order valence-electron chi connectivity index (χ3n) is 4.89. The van der Waals surface area contributed by atoms with Crippen LogP contribution >= 0.6 is 23.8 Å². The molecule has 4 rings (SSSR count). The molecular weight excluding hydrogens is 414 g/mol. The van der Waals surface area contributed by atoms with Crippen molar-refractivity contribution in [3.05, 3.63) is 106 Å². The van der Waals surface area contributed by atoms with E-state index in [4.69, 9.17) is 23.8 Å². The smallest absolute Gasteiger partial charge is 0.256 e. The first-order chi connectivity index (χ1) is 14.5. The molecule has 0 unspecified atom stereocenters. The van der Waals surface area contributed by atoms with Crippen LogP contribution in [-0.2, 0) is 4.79 Å². The molecule has 0 saturated carbocycles. The Morgan fingerprint density at radius 2 is 1.63 bits per heavy atom. The van der Waals surface area contributed by atoms with Crippen LogP contribution in [0.5, 0.6) is 0 Å². The van der Waals surface area contributed by atoms with E-state index in [-0.39, 0.29) is 5.91 Å². The van der Waals surface area contributed by atoms with Crippen molar-refractivity contribution >= 4 is 46.2 Å². The summed E-state index contributed by atoms with van der Waals surface area (Å²) in [5.41, 5.74) is 4.87. The van der Waals surface area contributed by atoms with E-state index in [9.17, 15) is 4.79 Å². The molecule has 150 valence electrons. The number of benzene rings is 3. The fraction of sp³-hybridized carbons (Fsp3) is 0.0833. The van der Waals surface area contributed by atoms with Gasteiger partial charge in [-0.15, -0.1) is 0 Å². The van der Waals surface area contributed by atoms with Gasteiger partial charge in [-0.1, -0.05) is 71.8 Å². The molecule has 0 saturated heterocycles. The molecule has 1 amide bonds. The molecule has 1 aliphatic heterocycles. The highest BCUT2D eigenvalue weighted by atomic mass is 35.5. The number of thiocarbonyl (C=S) groups is 1. The van der Waals surface area contributed by atoms with E-state index in [0.717, 1.165) is 22.4 Å². The Kier molecular flexibility index (Phi) is 5.84. The number of amides is 1. The number of rotatable bonds is 4. The zero-order valence-electron chi connectivity index (χ0n) is 16.3. The summed E-state index contributed by atoms with van der Waals surface area (Å²) in [7, 11) is 0. The fourth-order valence-electron chi connectivity index (χ4n) is 3.38. The van der Waals surface area contributed by atoms with Crippen LogP contribution in [-0.4, -0.2) is 11.0 Å². The molecule has 1 aliphatic rings. The Hall–Kier alpha value is -3.15. The minimum Gasteiger partial charge on any atom is -0.351 e. The lowest BCUT2D eigenvalue weighted by atomic mass is 9.92. The first kappa shape index (κ1) is 20.1. The lowest BCUT2D eigenvalue weighted by Crippen LogP contribution is -2.45. The molecule has 0 spiro atoms. The number of halogens is 1. The number of hydrogen-bond donors (Lipinski definition) is 3. The van der Waals surface area contributed by atoms with Crippen LogP contribution in [0, 0.1) is 6.92 Å². The molecule has 0 fully saturated rings. The van der Waals surface area contributed by atoms with Gasteiger partial charge in [0.25, 0.3) is 5.91 Å². The van der Waals surface area contributed by atoms with Crippen LogP contribution < -0.4 is 16.0 Å². The van der Waals surface area contributed by atoms with Crippen LogP contribution in [0.4, 0.5) is 5.69 Å². The van der Waals surface area contributed by atoms with Gasteiger partial charge in [0.2, 0.25) is 0 Å². The van der Waals surface area contributed by atoms with Crippen molar-refractivity contribution in [1.29, 1.82) is 0 Å². The Morgan fingerprint density at radius 1 is 0.967 bits per heavy atom. The molecular formula is C24H20ClN3OS. The minimum absolute atomic E-state index is 0.208. The molecule has 3 aromatic carbocycles. The molecule has 1 atom stereocenters. The minimum atomic E-state index is -0.420. The Balaban J connectivity index is 1.81. The third-order valence-corrected chi connectivity index (χ3v) is 5.36. The highest BCUT2D eigenvalue weighted by Gasteiger charge is 2.32. The molecule has 6 heteroatoms. The van der Waals surface area contributed by atoms with Gasteiger partial charge in [0.1, 0.15) is 0 Å². The van der Waals surface area contributed by atoms with E-state index in [2.05, 4.69) is 16.0 Å². The third kappa shape index (κ3) is 4.37. The predicted molar refractivity (Wildman–Crippen MR) is 126 cm³/mol. The molecule has 3 aromatic rings. The topological polar surface area (TPSA) is 53.2 Å². The first-order valence-corrected chi connectivity index (χ1v) is 10.3. The summed E-state index contributed by atoms with van der Waals surface area (Å²) in [6, 6.07) is 24.4. The summed E-state index contributed by atoms with van der Waals surface area (Å²) in [6.07, 6.45) is 0. The summed E-state index contributed by atoms with van der Waals surface area (Å²) in [5, 5.41) is 10.5. The molecule has 0 radical (unpaired) electrons. The zero-order chi connectivity index (χ0) is 21.1. The lowest BCUT2D eigenvalue weighted by molar-refractivity contribution is -0.113. The molecule has 30 heavy (non-hydrogen) atoms. The summed E-state index contributed by atoms with van der Waals surface area (Å²) < 4.78 is 0. The van der Waals surface area contributed by atoms with E-state index in [1.54, 1.807) is 12.1 Å². The number of nitrogens with one attached hydrogen (secondary N) is 3. The fourth-order valence-corrected chi connectivity index (χ4v) is 3.73. The molecule has 0 aliphatic carbocycles. The van der Waals surface area contributed by atoms with Crippen LogP contribution in [0.2, 0.25) is 5.02 Å². The van der Waals surface area contributed by atoms with Gasteiger partial charge in [0, 0.05) is 10.7 Å². The molecule has 1 heterocycles. The van der Waals surface area contributed by atoms with Gasteiger partial charge in [0.15, 0.2) is 5.11 Å². The van der Waals surface area contributed by atoms with Crippen LogP contribution in [0.3, 0.4) is 0 Å². The number of carbonyl (C=O) groups is 1. The second kappa shape index (κ2) is 8.69. The standard InChI is InChI=1S/C24H20ClN3OS/c1-15-7-13-19(14-8-15)26-23(29)20-21(16-5-3-2-4-6-16)27-24(30)28-22(20)17-9-11-18(25)12-10-17/h2-14,22H,1H3,(H,26,29)(H2,27,28,30)/t22-/m1/s1. The van der Waals surface area contributed by atoms with Gasteiger partial charge in [-0.2, -0.15) is 0 Å². The highest BCUT2D eigenvalue weighted by Crippen LogP contribution is 2.32. The molecule has 0 bridgehead atoms. The van der Waals surface area contributed by atoms with Gasteiger partial charge < -0.3 is 16.0 Å². The van der Waals surface area contributed by atoms with Gasteiger partial charge in [-0.25, -0.2) is 0 Å². The predicted octanol–water partition coefficient (Wildman–Crippen LogP) is 5.22. The largest absolute Gasteiger partial charge is 0.351 e. The van der Waals surface area contributed by atoms with E-state index in [1.807, 2.05) is 73.7 Å². The average molecular weight is 434 g/mol. The second-order valence-corrected chi connectivity index (χ2v) is 7.90. The SMILES string of the molecule is Cc1ccc(NC(=O)C2=C(c3ccccc3)NC(=S)N[C@@H]2c2ccc(Cl)cc2)cc1. The van der Waals surface area contributed by atoms with Crippen molar-refractivity contribution in [2.45, 2.75) is 13.0 Å². The summed E-state index contributed by atoms with van der Waals surface area (Å²) in [4.78, 5) is 13.5. The van der Waals surface area contributed by atoms with E-state index in [0.29, 0.717) is 21.4 Å². The lowest BCUT2D eigenvalue weighted by Gasteiger charge is -2.31. The van der Waals surface area contributed by atoms with Crippen molar-refractivity contribution in [2.75, 3.05) is 5.32 Å². The van der Waals surface area contributed by atoms with Gasteiger partial charge in [-0.05, 0) is 54.5 Å². The highest BCUT2D eigenvalue weighted by molar-refractivity contribution is 7.80. The maximum absolute atomic E-state index is 13.5. The Bertz CT molecular complexity index is 1110. The number of carbonyl (C=O) groups excluding carboxylic acids is 1. The maximum atomic E-state index is 13.5. The van der Waals surface area contributed by atoms with Gasteiger partial charge >= 0.3 is 0 Å². The molecule has 3 N–H and O–H groups in total. The van der Waals surface area contributed by atoms with Gasteiger partial charge in [-0.3, -0.25) is 4.79 Å². The Morgan fingerprint density at radius 3 is 2.30 bits per heavy atom. The van der Waals surface area contributed by atoms with Crippen molar-refractivity contribution in [1.82, 2.24) is 10.6 Å². The first-order valence-electron chi connectivity index (χ1n) is 9.52. The summed E-state index contributed by atoms with van der Waals surface area (Å²) >= 11 is 11.5. The van der Waals surface area contributed by atoms with Crippen molar-refractivity contribution < 1.29 is 4.79 Å². The number of anilines is 1. The second-order valence-electron chi connectivity index (χ2n) is 7.06. The maximum Gasteiger partial charge on any atom is 0.256 e. The van der Waals surface area contributed by atoms with E-state index in [1.165, 1.54) is 0 Å². The monoisotopic (exact) mass is 433 g/mol. The quantitative estimate of drug-likeness (QED) is 0.494. The van der Waals surface area contributed by atoms with Crippen molar-refractivity contribution in [3.63, 3.8) is 0 Å². The van der Waals surface area contributed by atoms with Gasteiger partial charge in [0.05, 0.1) is 17.3 Å². The summed E-state index contributed by atoms with van der Waals surface area (Å²) in [5.74, 6) is -0.208. The van der Waals surface area contributed by atoms with Crippen LogP contribution in [0.15, 0.2) is 84.4 Å². The summed E-state index contributed by atoms with van der Waals surface area (Å²) in [6.45, 7) is 2.01. The number of aryl methyl sites for hydroxylation is 1.